The first-order valence-electron chi connectivity index (χ1n) is 4.20. The molecule has 0 aromatic heterocycles. The fraction of sp³-hybridized carbons (Fsp3) is 0.333. The molecule has 1 rings (SSSR count). The number of hydrogen-bond donors (Lipinski definition) is 1. The summed E-state index contributed by atoms with van der Waals surface area (Å²) in [5.74, 6) is 0.415. The van der Waals surface area contributed by atoms with Crippen molar-refractivity contribution in [3.8, 4) is 5.75 Å². The maximum atomic E-state index is 12.2. The van der Waals surface area contributed by atoms with Crippen molar-refractivity contribution in [2.24, 2.45) is 0 Å². The van der Waals surface area contributed by atoms with E-state index in [0.717, 1.165) is 5.56 Å². The van der Waals surface area contributed by atoms with Crippen molar-refractivity contribution in [2.75, 3.05) is 0 Å². The molecule has 78 valence electrons. The SMILES string of the molecule is CC(C)c1ccc(OP(=O)(O)F)cc1. The Labute approximate surface area is 82.2 Å². The molecule has 3 nitrogen and oxygen atoms in total. The first kappa shape index (κ1) is 11.2. The Bertz CT molecular complexity index is 342. The molecule has 0 heterocycles. The topological polar surface area (TPSA) is 46.5 Å². The summed E-state index contributed by atoms with van der Waals surface area (Å²) in [5, 5.41) is 0. The van der Waals surface area contributed by atoms with Crippen molar-refractivity contribution in [1.29, 1.82) is 0 Å². The third-order valence-corrected chi connectivity index (χ3v) is 2.20. The van der Waals surface area contributed by atoms with Crippen LogP contribution < -0.4 is 4.52 Å². The molecule has 5 heteroatoms. The molecule has 0 saturated heterocycles. The van der Waals surface area contributed by atoms with E-state index in [9.17, 15) is 8.76 Å². The van der Waals surface area contributed by atoms with Crippen molar-refractivity contribution in [2.45, 2.75) is 19.8 Å². The van der Waals surface area contributed by atoms with Gasteiger partial charge in [-0.2, -0.15) is 0 Å². The normalized spacial score (nSPS) is 15.2. The molecule has 1 aromatic rings. The van der Waals surface area contributed by atoms with Crippen LogP contribution in [0.4, 0.5) is 4.20 Å². The predicted molar refractivity (Wildman–Crippen MR) is 52.1 cm³/mol. The molecule has 0 aliphatic rings. The van der Waals surface area contributed by atoms with Crippen LogP contribution in [0.25, 0.3) is 0 Å². The van der Waals surface area contributed by atoms with E-state index in [4.69, 9.17) is 4.89 Å². The standard InChI is InChI=1S/C9H12FO3P/c1-7(2)8-3-5-9(6-4-8)13-14(10,11)12/h3-7H,1-2H3,(H,11,12). The zero-order valence-corrected chi connectivity index (χ0v) is 8.87. The number of rotatable bonds is 3. The second-order valence-corrected chi connectivity index (χ2v) is 4.35. The molecule has 0 aliphatic carbocycles. The van der Waals surface area contributed by atoms with Gasteiger partial charge in [0, 0.05) is 0 Å². The highest BCUT2D eigenvalue weighted by Crippen LogP contribution is 2.43. The molecule has 0 spiro atoms. The smallest absolute Gasteiger partial charge is 0.401 e. The van der Waals surface area contributed by atoms with Gasteiger partial charge in [0.05, 0.1) is 0 Å². The van der Waals surface area contributed by atoms with E-state index in [2.05, 4.69) is 4.52 Å². The minimum absolute atomic E-state index is 0.0581. The Balaban J connectivity index is 2.79. The van der Waals surface area contributed by atoms with E-state index in [-0.39, 0.29) is 5.75 Å². The van der Waals surface area contributed by atoms with E-state index in [1.54, 1.807) is 12.1 Å². The Morgan fingerprint density at radius 2 is 1.86 bits per heavy atom. The summed E-state index contributed by atoms with van der Waals surface area (Å²) in [5.41, 5.74) is 1.06. The average Bonchev–Trinajstić information content (AvgIpc) is 2.02. The summed E-state index contributed by atoms with van der Waals surface area (Å²) >= 11 is 0. The largest absolute Gasteiger partial charge is 0.567 e. The molecular formula is C9H12FO3P. The fourth-order valence-electron chi connectivity index (χ4n) is 1.04. The van der Waals surface area contributed by atoms with Crippen LogP contribution in [0.3, 0.4) is 0 Å². The van der Waals surface area contributed by atoms with Crippen LogP contribution in [0.15, 0.2) is 24.3 Å². The van der Waals surface area contributed by atoms with Gasteiger partial charge >= 0.3 is 7.91 Å². The number of benzene rings is 1. The number of halogens is 1. The minimum Gasteiger partial charge on any atom is -0.401 e. The van der Waals surface area contributed by atoms with Crippen LogP contribution in [0.1, 0.15) is 25.3 Å². The van der Waals surface area contributed by atoms with Gasteiger partial charge in [0.25, 0.3) is 0 Å². The van der Waals surface area contributed by atoms with Gasteiger partial charge in [-0.05, 0) is 23.6 Å². The van der Waals surface area contributed by atoms with Crippen LogP contribution in [0, 0.1) is 0 Å². The van der Waals surface area contributed by atoms with Crippen molar-refractivity contribution < 1.29 is 18.2 Å². The van der Waals surface area contributed by atoms with Crippen molar-refractivity contribution in [1.82, 2.24) is 0 Å². The molecule has 0 aliphatic heterocycles. The summed E-state index contributed by atoms with van der Waals surface area (Å²) in [4.78, 5) is 8.32. The van der Waals surface area contributed by atoms with Gasteiger partial charge in [0.1, 0.15) is 5.75 Å². The highest BCUT2D eigenvalue weighted by Gasteiger charge is 2.18. The van der Waals surface area contributed by atoms with E-state index >= 15 is 0 Å². The molecule has 1 N–H and O–H groups in total. The lowest BCUT2D eigenvalue weighted by Crippen LogP contribution is -1.89. The molecule has 0 radical (unpaired) electrons. The summed E-state index contributed by atoms with van der Waals surface area (Å²) in [6.07, 6.45) is 0. The van der Waals surface area contributed by atoms with Gasteiger partial charge in [0.15, 0.2) is 0 Å². The maximum absolute atomic E-state index is 12.2. The highest BCUT2D eigenvalue weighted by atomic mass is 31.2. The van der Waals surface area contributed by atoms with Crippen molar-refractivity contribution in [3.63, 3.8) is 0 Å². The first-order chi connectivity index (χ1) is 6.38. The Kier molecular flexibility index (Phi) is 3.29. The van der Waals surface area contributed by atoms with Gasteiger partial charge in [0.2, 0.25) is 0 Å². The Morgan fingerprint density at radius 1 is 1.36 bits per heavy atom. The lowest BCUT2D eigenvalue weighted by molar-refractivity contribution is 0.330. The number of hydrogen-bond acceptors (Lipinski definition) is 2. The van der Waals surface area contributed by atoms with Crippen molar-refractivity contribution >= 4 is 7.91 Å². The van der Waals surface area contributed by atoms with Crippen LogP contribution >= 0.6 is 7.91 Å². The molecule has 1 unspecified atom stereocenters. The van der Waals surface area contributed by atoms with E-state index < -0.39 is 7.91 Å². The summed E-state index contributed by atoms with van der Waals surface area (Å²) in [6.45, 7) is 4.03. The summed E-state index contributed by atoms with van der Waals surface area (Å²) in [7, 11) is -4.93. The third kappa shape index (κ3) is 3.48. The molecule has 0 fully saturated rings. The molecule has 1 atom stereocenters. The minimum atomic E-state index is -4.93. The lowest BCUT2D eigenvalue weighted by atomic mass is 10.0. The molecule has 1 aromatic carbocycles. The molecule has 14 heavy (non-hydrogen) atoms. The second-order valence-electron chi connectivity index (χ2n) is 3.27. The Morgan fingerprint density at radius 3 is 2.21 bits per heavy atom. The van der Waals surface area contributed by atoms with Crippen LogP contribution in [0.2, 0.25) is 0 Å². The molecule has 0 bridgehead atoms. The second kappa shape index (κ2) is 4.11. The third-order valence-electron chi connectivity index (χ3n) is 1.76. The Hall–Kier alpha value is -0.860. The molecule has 0 amide bonds. The van der Waals surface area contributed by atoms with Gasteiger partial charge in [-0.3, -0.25) is 4.89 Å². The summed E-state index contributed by atoms with van der Waals surface area (Å²) < 4.78 is 26.7. The van der Waals surface area contributed by atoms with Gasteiger partial charge in [-0.25, -0.2) is 4.57 Å². The zero-order chi connectivity index (χ0) is 10.8. The van der Waals surface area contributed by atoms with Gasteiger partial charge < -0.3 is 4.52 Å². The highest BCUT2D eigenvalue weighted by molar-refractivity contribution is 7.47. The van der Waals surface area contributed by atoms with E-state index in [1.807, 2.05) is 13.8 Å². The van der Waals surface area contributed by atoms with Gasteiger partial charge in [-0.15, -0.1) is 4.20 Å². The van der Waals surface area contributed by atoms with Crippen LogP contribution in [0.5, 0.6) is 5.75 Å². The van der Waals surface area contributed by atoms with Crippen molar-refractivity contribution in [3.05, 3.63) is 29.8 Å². The zero-order valence-electron chi connectivity index (χ0n) is 7.98. The summed E-state index contributed by atoms with van der Waals surface area (Å²) in [6, 6.07) is 6.40. The lowest BCUT2D eigenvalue weighted by Gasteiger charge is -2.07. The van der Waals surface area contributed by atoms with Crippen LogP contribution in [-0.2, 0) is 4.57 Å². The van der Waals surface area contributed by atoms with Gasteiger partial charge in [-0.1, -0.05) is 26.0 Å². The average molecular weight is 218 g/mol. The van der Waals surface area contributed by atoms with E-state index in [0.29, 0.717) is 5.92 Å². The first-order valence-corrected chi connectivity index (χ1v) is 5.67. The predicted octanol–water partition coefficient (Wildman–Crippen LogP) is 3.26. The maximum Gasteiger partial charge on any atom is 0.567 e. The fourth-order valence-corrected chi connectivity index (χ4v) is 1.43. The quantitative estimate of drug-likeness (QED) is 0.792. The molecule has 0 saturated carbocycles. The van der Waals surface area contributed by atoms with E-state index in [1.165, 1.54) is 12.1 Å². The molecular weight excluding hydrogens is 206 g/mol. The van der Waals surface area contributed by atoms with Crippen LogP contribution in [-0.4, -0.2) is 4.89 Å². The monoisotopic (exact) mass is 218 g/mol.